The summed E-state index contributed by atoms with van der Waals surface area (Å²) in [5, 5.41) is 16.3. The lowest BCUT2D eigenvalue weighted by Crippen LogP contribution is -2.53. The molecule has 35 heavy (non-hydrogen) atoms. The summed E-state index contributed by atoms with van der Waals surface area (Å²) in [6.07, 6.45) is 0.552. The zero-order chi connectivity index (χ0) is 24.9. The highest BCUT2D eigenvalue weighted by Gasteiger charge is 2.76. The first kappa shape index (κ1) is 24.6. The lowest BCUT2D eigenvalue weighted by atomic mass is 9.70. The average Bonchev–Trinajstić information content (AvgIpc) is 3.45. The van der Waals surface area contributed by atoms with Crippen LogP contribution in [-0.4, -0.2) is 62.2 Å². The molecule has 0 saturated carbocycles. The van der Waals surface area contributed by atoms with E-state index in [1.807, 2.05) is 30.3 Å². The zero-order valence-corrected chi connectivity index (χ0v) is 22.0. The first-order valence-electron chi connectivity index (χ1n) is 11.4. The van der Waals surface area contributed by atoms with Gasteiger partial charge in [0.25, 0.3) is 0 Å². The van der Waals surface area contributed by atoms with Crippen LogP contribution in [0.25, 0.3) is 0 Å². The van der Waals surface area contributed by atoms with Gasteiger partial charge in [-0.3, -0.25) is 14.4 Å². The molecule has 3 amide bonds. The van der Waals surface area contributed by atoms with Crippen LogP contribution in [0.5, 0.6) is 0 Å². The standard InChI is InChI=1S/C25H25BrClN3O4S/c1-28-22(32)18-19-24(34)30(17(12-31)13-7-3-2-4-8-13)21(25(19)11-14(26)20(18)35-25)23(33)29-16-10-6-5-9-15(16)27/h2-10,14,17-21,31H,11-12H2,1H3,(H,28,32)(H,29,33)/t14?,17-,18+,19+,20+,21?,25?/m1/s1. The minimum atomic E-state index is -0.904. The number of hydrogen-bond donors (Lipinski definition) is 3. The smallest absolute Gasteiger partial charge is 0.248 e. The number of likely N-dealkylation sites (tertiary alicyclic amines) is 1. The van der Waals surface area contributed by atoms with Gasteiger partial charge in [-0.05, 0) is 24.1 Å². The van der Waals surface area contributed by atoms with Crippen molar-refractivity contribution < 1.29 is 19.5 Å². The molecule has 3 fully saturated rings. The van der Waals surface area contributed by atoms with Crippen LogP contribution in [0.4, 0.5) is 5.69 Å². The van der Waals surface area contributed by atoms with Crippen molar-refractivity contribution >= 4 is 62.7 Å². The summed E-state index contributed by atoms with van der Waals surface area (Å²) < 4.78 is -0.819. The molecule has 7 nitrogen and oxygen atoms in total. The number of anilines is 1. The van der Waals surface area contributed by atoms with Crippen molar-refractivity contribution in [2.24, 2.45) is 11.8 Å². The highest BCUT2D eigenvalue weighted by molar-refractivity contribution is 9.09. The Hall–Kier alpha value is -2.07. The molecule has 2 aromatic carbocycles. The number of benzene rings is 2. The third-order valence-corrected chi connectivity index (χ3v) is 10.9. The van der Waals surface area contributed by atoms with E-state index in [4.69, 9.17) is 11.6 Å². The van der Waals surface area contributed by atoms with Gasteiger partial charge in [0.15, 0.2) is 0 Å². The Balaban J connectivity index is 1.62. The first-order chi connectivity index (χ1) is 16.8. The van der Waals surface area contributed by atoms with E-state index in [2.05, 4.69) is 26.6 Å². The van der Waals surface area contributed by atoms with Crippen LogP contribution in [0.3, 0.4) is 0 Å². The van der Waals surface area contributed by atoms with Gasteiger partial charge in [0.05, 0.1) is 39.9 Å². The molecule has 0 aromatic heterocycles. The molecule has 3 aliphatic rings. The maximum Gasteiger partial charge on any atom is 0.248 e. The number of fused-ring (bicyclic) bond motifs is 1. The van der Waals surface area contributed by atoms with Crippen LogP contribution < -0.4 is 10.6 Å². The second-order valence-electron chi connectivity index (χ2n) is 9.10. The number of carbonyl (C=O) groups excluding carboxylic acids is 3. The molecule has 3 aliphatic heterocycles. The summed E-state index contributed by atoms with van der Waals surface area (Å²) in [5.41, 5.74) is 1.17. The molecule has 3 heterocycles. The molecule has 2 aromatic rings. The van der Waals surface area contributed by atoms with E-state index in [0.717, 1.165) is 5.56 Å². The Morgan fingerprint density at radius 2 is 1.89 bits per heavy atom. The second-order valence-corrected chi connectivity index (χ2v) is 12.2. The van der Waals surface area contributed by atoms with Crippen LogP contribution in [0, 0.1) is 11.8 Å². The maximum absolute atomic E-state index is 14.1. The Morgan fingerprint density at radius 3 is 2.54 bits per heavy atom. The van der Waals surface area contributed by atoms with Crippen LogP contribution in [0.15, 0.2) is 54.6 Å². The second kappa shape index (κ2) is 9.42. The number of carbonyl (C=O) groups is 3. The van der Waals surface area contributed by atoms with Gasteiger partial charge in [-0.1, -0.05) is 70.0 Å². The Labute approximate surface area is 221 Å². The van der Waals surface area contributed by atoms with Crippen molar-refractivity contribution in [3.63, 3.8) is 0 Å². The number of para-hydroxylation sites is 1. The minimum Gasteiger partial charge on any atom is -0.394 e. The average molecular weight is 579 g/mol. The van der Waals surface area contributed by atoms with Gasteiger partial charge in [0, 0.05) is 17.1 Å². The zero-order valence-electron chi connectivity index (χ0n) is 18.9. The molecule has 1 spiro atoms. The van der Waals surface area contributed by atoms with Crippen molar-refractivity contribution in [3.05, 3.63) is 65.2 Å². The number of hydrogen-bond acceptors (Lipinski definition) is 5. The van der Waals surface area contributed by atoms with Crippen LogP contribution in [-0.2, 0) is 14.4 Å². The van der Waals surface area contributed by atoms with Crippen molar-refractivity contribution in [3.8, 4) is 0 Å². The van der Waals surface area contributed by atoms with Gasteiger partial charge in [0.2, 0.25) is 17.7 Å². The SMILES string of the molecule is CNC(=O)[C@H]1[C@H]2C(=O)N([C@H](CO)c3ccccc3)C(C(=O)Nc3ccccc3Cl)C23CC(Br)[C@@H]1S3. The molecule has 5 rings (SSSR count). The number of nitrogens with zero attached hydrogens (tertiary/aromatic N) is 1. The third kappa shape index (κ3) is 3.79. The maximum atomic E-state index is 14.1. The van der Waals surface area contributed by atoms with E-state index in [1.165, 1.54) is 4.90 Å². The number of halogens is 2. The lowest BCUT2D eigenvalue weighted by Gasteiger charge is -2.37. The molecule has 3 N–H and O–H groups in total. The normalized spacial score (nSPS) is 31.8. The Morgan fingerprint density at radius 1 is 1.20 bits per heavy atom. The fraction of sp³-hybridized carbons (Fsp3) is 0.400. The fourth-order valence-electron chi connectivity index (χ4n) is 5.96. The number of aliphatic hydroxyl groups is 1. The number of amides is 3. The van der Waals surface area contributed by atoms with E-state index < -0.39 is 28.7 Å². The Bertz CT molecular complexity index is 1170. The number of nitrogens with one attached hydrogen (secondary N) is 2. The molecule has 3 unspecified atom stereocenters. The van der Waals surface area contributed by atoms with Crippen molar-refractivity contribution in [2.75, 3.05) is 19.0 Å². The van der Waals surface area contributed by atoms with Crippen molar-refractivity contribution in [1.29, 1.82) is 0 Å². The molecule has 3 saturated heterocycles. The number of rotatable bonds is 6. The van der Waals surface area contributed by atoms with Crippen LogP contribution in [0.1, 0.15) is 18.0 Å². The largest absolute Gasteiger partial charge is 0.394 e. The summed E-state index contributed by atoms with van der Waals surface area (Å²) >= 11 is 11.6. The van der Waals surface area contributed by atoms with Gasteiger partial charge in [-0.25, -0.2) is 0 Å². The predicted octanol–water partition coefficient (Wildman–Crippen LogP) is 3.22. The summed E-state index contributed by atoms with van der Waals surface area (Å²) in [6.45, 7) is -0.356. The van der Waals surface area contributed by atoms with E-state index >= 15 is 0 Å². The monoisotopic (exact) mass is 577 g/mol. The van der Waals surface area contributed by atoms with Gasteiger partial charge < -0.3 is 20.6 Å². The van der Waals surface area contributed by atoms with Gasteiger partial charge in [-0.15, -0.1) is 11.8 Å². The number of alkyl halides is 1. The van der Waals surface area contributed by atoms with E-state index in [-0.39, 0.29) is 34.4 Å². The quantitative estimate of drug-likeness (QED) is 0.457. The van der Waals surface area contributed by atoms with Crippen LogP contribution in [0.2, 0.25) is 5.02 Å². The number of thioether (sulfide) groups is 1. The van der Waals surface area contributed by atoms with Crippen molar-refractivity contribution in [2.45, 2.75) is 33.3 Å². The molecule has 0 radical (unpaired) electrons. The molecule has 2 bridgehead atoms. The van der Waals surface area contributed by atoms with Gasteiger partial charge in [0.1, 0.15) is 6.04 Å². The van der Waals surface area contributed by atoms with Crippen LogP contribution >= 0.6 is 39.3 Å². The molecule has 10 heteroatoms. The molecular weight excluding hydrogens is 554 g/mol. The van der Waals surface area contributed by atoms with E-state index in [0.29, 0.717) is 17.1 Å². The Kier molecular flexibility index (Phi) is 6.63. The lowest BCUT2D eigenvalue weighted by molar-refractivity contribution is -0.142. The summed E-state index contributed by atoms with van der Waals surface area (Å²) in [7, 11) is 1.56. The van der Waals surface area contributed by atoms with Gasteiger partial charge in [-0.2, -0.15) is 0 Å². The van der Waals surface area contributed by atoms with E-state index in [9.17, 15) is 19.5 Å². The predicted molar refractivity (Wildman–Crippen MR) is 139 cm³/mol. The third-order valence-electron chi connectivity index (χ3n) is 7.35. The molecule has 0 aliphatic carbocycles. The van der Waals surface area contributed by atoms with E-state index in [1.54, 1.807) is 43.1 Å². The number of aliphatic hydroxyl groups excluding tert-OH is 1. The molecular formula is C25H25BrClN3O4S. The summed E-state index contributed by atoms with van der Waals surface area (Å²) in [6, 6.07) is 14.5. The van der Waals surface area contributed by atoms with Crippen molar-refractivity contribution in [1.82, 2.24) is 10.2 Å². The summed E-state index contributed by atoms with van der Waals surface area (Å²) in [4.78, 5) is 42.6. The first-order valence-corrected chi connectivity index (χ1v) is 13.6. The highest BCUT2D eigenvalue weighted by atomic mass is 79.9. The minimum absolute atomic E-state index is 0.0290. The fourth-order valence-corrected chi connectivity index (χ4v) is 9.75. The molecule has 7 atom stereocenters. The molecule has 184 valence electrons. The topological polar surface area (TPSA) is 98.7 Å². The van der Waals surface area contributed by atoms with Gasteiger partial charge >= 0.3 is 0 Å². The highest BCUT2D eigenvalue weighted by Crippen LogP contribution is 2.68. The summed E-state index contributed by atoms with van der Waals surface area (Å²) in [5.74, 6) is -2.12.